The molecule has 0 heterocycles. The first-order chi connectivity index (χ1) is 9.19. The van der Waals surface area contributed by atoms with Crippen LogP contribution in [0.1, 0.15) is 0 Å². The van der Waals surface area contributed by atoms with E-state index in [-0.39, 0.29) is 5.75 Å². The Morgan fingerprint density at radius 3 is 2.63 bits per heavy atom. The van der Waals surface area contributed by atoms with Crippen molar-refractivity contribution in [3.8, 4) is 22.6 Å². The number of methoxy groups -OCH3 is 1. The second-order valence-corrected chi connectivity index (χ2v) is 4.55. The van der Waals surface area contributed by atoms with Crippen molar-refractivity contribution in [2.24, 2.45) is 4.99 Å². The second-order valence-electron chi connectivity index (χ2n) is 3.69. The number of para-hydroxylation sites is 1. The van der Waals surface area contributed by atoms with Crippen LogP contribution in [0.25, 0.3) is 11.1 Å². The van der Waals surface area contributed by atoms with Gasteiger partial charge in [0.1, 0.15) is 17.2 Å². The van der Waals surface area contributed by atoms with Gasteiger partial charge in [0.25, 0.3) is 0 Å². The fourth-order valence-corrected chi connectivity index (χ4v) is 2.24. The Bertz CT molecular complexity index is 664. The Balaban J connectivity index is 2.83. The monoisotopic (exact) mass is 319 g/mol. The fraction of sp³-hybridized carbons (Fsp3) is 0.0714. The number of rotatable bonds is 3. The molecule has 0 saturated heterocycles. The van der Waals surface area contributed by atoms with E-state index >= 15 is 0 Å². The molecule has 0 aliphatic rings. The standard InChI is InChI=1S/C14H10BrNO3/c1-19-12-7-6-10(15)14(16-8-17)13(12)9-4-2-3-5-11(9)18/h2-7,18H,1H3. The first-order valence-corrected chi connectivity index (χ1v) is 6.21. The van der Waals surface area contributed by atoms with Crippen LogP contribution in [0.2, 0.25) is 0 Å². The van der Waals surface area contributed by atoms with Crippen LogP contribution in [0.4, 0.5) is 5.69 Å². The molecule has 2 rings (SSSR count). The fourth-order valence-electron chi connectivity index (χ4n) is 1.82. The molecule has 0 aliphatic heterocycles. The highest BCUT2D eigenvalue weighted by Crippen LogP contribution is 2.45. The van der Waals surface area contributed by atoms with Gasteiger partial charge in [-0.3, -0.25) is 0 Å². The van der Waals surface area contributed by atoms with E-state index in [1.54, 1.807) is 36.4 Å². The number of hydrogen-bond acceptors (Lipinski definition) is 4. The van der Waals surface area contributed by atoms with Crippen molar-refractivity contribution in [2.45, 2.75) is 0 Å². The number of phenolic OH excluding ortho intramolecular Hbond substituents is 1. The molecule has 2 aromatic rings. The highest BCUT2D eigenvalue weighted by molar-refractivity contribution is 9.10. The molecule has 0 unspecified atom stereocenters. The minimum absolute atomic E-state index is 0.0845. The normalized spacial score (nSPS) is 9.79. The zero-order valence-corrected chi connectivity index (χ0v) is 11.6. The van der Waals surface area contributed by atoms with Crippen molar-refractivity contribution in [3.05, 3.63) is 40.9 Å². The van der Waals surface area contributed by atoms with Crippen LogP contribution in [0, 0.1) is 0 Å². The number of halogens is 1. The van der Waals surface area contributed by atoms with Crippen LogP contribution < -0.4 is 4.74 Å². The summed E-state index contributed by atoms with van der Waals surface area (Å²) in [6.45, 7) is 0. The largest absolute Gasteiger partial charge is 0.507 e. The SMILES string of the molecule is COc1ccc(Br)c(N=C=O)c1-c1ccccc1O. The van der Waals surface area contributed by atoms with Crippen molar-refractivity contribution in [1.29, 1.82) is 0 Å². The molecule has 5 heteroatoms. The molecule has 4 nitrogen and oxygen atoms in total. The Kier molecular flexibility index (Phi) is 4.00. The zero-order valence-electron chi connectivity index (χ0n) is 10.1. The van der Waals surface area contributed by atoms with Crippen LogP contribution in [0.15, 0.2) is 45.9 Å². The second kappa shape index (κ2) is 5.69. The van der Waals surface area contributed by atoms with Gasteiger partial charge in [-0.05, 0) is 34.1 Å². The van der Waals surface area contributed by atoms with Gasteiger partial charge in [0.2, 0.25) is 6.08 Å². The molecule has 0 bridgehead atoms. The van der Waals surface area contributed by atoms with E-state index in [1.807, 2.05) is 0 Å². The molecule has 2 aromatic carbocycles. The van der Waals surface area contributed by atoms with Gasteiger partial charge in [-0.15, -0.1) is 0 Å². The Labute approximate surface area is 118 Å². The van der Waals surface area contributed by atoms with E-state index in [9.17, 15) is 9.90 Å². The van der Waals surface area contributed by atoms with Crippen LogP contribution in [-0.2, 0) is 4.79 Å². The number of hydrogen-bond donors (Lipinski definition) is 1. The van der Waals surface area contributed by atoms with Crippen molar-refractivity contribution in [2.75, 3.05) is 7.11 Å². The minimum atomic E-state index is 0.0845. The van der Waals surface area contributed by atoms with Gasteiger partial charge in [-0.25, -0.2) is 4.79 Å². The summed E-state index contributed by atoms with van der Waals surface area (Å²) in [6, 6.07) is 10.2. The highest BCUT2D eigenvalue weighted by Gasteiger charge is 2.17. The zero-order chi connectivity index (χ0) is 13.8. The van der Waals surface area contributed by atoms with Crippen LogP contribution >= 0.6 is 15.9 Å². The number of aliphatic imine (C=N–C) groups is 1. The number of ether oxygens (including phenoxy) is 1. The van der Waals surface area contributed by atoms with E-state index in [0.29, 0.717) is 27.0 Å². The summed E-state index contributed by atoms with van der Waals surface area (Å²) in [7, 11) is 1.52. The topological polar surface area (TPSA) is 58.9 Å². The van der Waals surface area contributed by atoms with Gasteiger partial charge in [0.05, 0.1) is 12.7 Å². The minimum Gasteiger partial charge on any atom is -0.507 e. The molecule has 0 amide bonds. The van der Waals surface area contributed by atoms with Crippen molar-refractivity contribution in [3.63, 3.8) is 0 Å². The maximum atomic E-state index is 10.6. The quantitative estimate of drug-likeness (QED) is 0.691. The van der Waals surface area contributed by atoms with E-state index in [4.69, 9.17) is 4.74 Å². The van der Waals surface area contributed by atoms with E-state index in [1.165, 1.54) is 13.2 Å². The Morgan fingerprint density at radius 2 is 2.00 bits per heavy atom. The lowest BCUT2D eigenvalue weighted by Gasteiger charge is -2.13. The van der Waals surface area contributed by atoms with E-state index < -0.39 is 0 Å². The summed E-state index contributed by atoms with van der Waals surface area (Å²) in [6.07, 6.45) is 1.51. The molecule has 0 fully saturated rings. The first-order valence-electron chi connectivity index (χ1n) is 5.41. The summed E-state index contributed by atoms with van der Waals surface area (Å²) in [5, 5.41) is 9.96. The number of phenols is 1. The van der Waals surface area contributed by atoms with Crippen molar-refractivity contribution < 1.29 is 14.6 Å². The lowest BCUT2D eigenvalue weighted by Crippen LogP contribution is -1.90. The third-order valence-corrected chi connectivity index (χ3v) is 3.28. The Morgan fingerprint density at radius 1 is 1.26 bits per heavy atom. The number of carbonyl (C=O) groups excluding carboxylic acids is 1. The molecule has 19 heavy (non-hydrogen) atoms. The predicted octanol–water partition coefficient (Wildman–Crippen LogP) is 3.80. The molecular formula is C14H10BrNO3. The van der Waals surface area contributed by atoms with Gasteiger partial charge >= 0.3 is 0 Å². The summed E-state index contributed by atoms with van der Waals surface area (Å²) < 4.78 is 5.90. The molecule has 0 atom stereocenters. The van der Waals surface area contributed by atoms with Crippen LogP contribution in [0.3, 0.4) is 0 Å². The maximum Gasteiger partial charge on any atom is 0.240 e. The molecule has 0 aliphatic carbocycles. The first kappa shape index (κ1) is 13.3. The molecular weight excluding hydrogens is 310 g/mol. The van der Waals surface area contributed by atoms with E-state index in [0.717, 1.165) is 0 Å². The third-order valence-electron chi connectivity index (χ3n) is 2.64. The van der Waals surface area contributed by atoms with Crippen molar-refractivity contribution >= 4 is 27.7 Å². The highest BCUT2D eigenvalue weighted by atomic mass is 79.9. The predicted molar refractivity (Wildman–Crippen MR) is 75.6 cm³/mol. The summed E-state index contributed by atoms with van der Waals surface area (Å²) in [5.74, 6) is 0.597. The molecule has 0 radical (unpaired) electrons. The lowest BCUT2D eigenvalue weighted by atomic mass is 10.0. The van der Waals surface area contributed by atoms with Gasteiger partial charge in [0.15, 0.2) is 0 Å². The Hall–Kier alpha value is -2.10. The maximum absolute atomic E-state index is 10.6. The van der Waals surface area contributed by atoms with Crippen molar-refractivity contribution in [1.82, 2.24) is 0 Å². The van der Waals surface area contributed by atoms with E-state index in [2.05, 4.69) is 20.9 Å². The number of benzene rings is 2. The van der Waals surface area contributed by atoms with Gasteiger partial charge in [-0.1, -0.05) is 18.2 Å². The summed E-state index contributed by atoms with van der Waals surface area (Å²) >= 11 is 3.32. The smallest absolute Gasteiger partial charge is 0.240 e. The number of nitrogens with zero attached hydrogens (tertiary/aromatic N) is 1. The van der Waals surface area contributed by atoms with Gasteiger partial charge in [-0.2, -0.15) is 4.99 Å². The lowest BCUT2D eigenvalue weighted by molar-refractivity contribution is 0.416. The molecule has 0 aromatic heterocycles. The third kappa shape index (κ3) is 2.52. The molecule has 0 saturated carbocycles. The summed E-state index contributed by atoms with van der Waals surface area (Å²) in [4.78, 5) is 14.3. The van der Waals surface area contributed by atoms with Gasteiger partial charge in [0, 0.05) is 10.0 Å². The van der Waals surface area contributed by atoms with Crippen LogP contribution in [-0.4, -0.2) is 18.3 Å². The molecule has 1 N–H and O–H groups in total. The number of aromatic hydroxyl groups is 1. The summed E-state index contributed by atoms with van der Waals surface area (Å²) in [5.41, 5.74) is 1.45. The average molecular weight is 320 g/mol. The van der Waals surface area contributed by atoms with Gasteiger partial charge < -0.3 is 9.84 Å². The number of isocyanates is 1. The molecule has 0 spiro atoms. The van der Waals surface area contributed by atoms with Crippen LogP contribution in [0.5, 0.6) is 11.5 Å². The average Bonchev–Trinajstić information content (AvgIpc) is 2.42. The molecule has 96 valence electrons.